The molecule has 0 aromatic carbocycles. The summed E-state index contributed by atoms with van der Waals surface area (Å²) in [5.41, 5.74) is -0.0995. The summed E-state index contributed by atoms with van der Waals surface area (Å²) < 4.78 is 30.0. The van der Waals surface area contributed by atoms with Crippen LogP contribution in [0.25, 0.3) is 0 Å². The largest absolute Gasteiger partial charge is 0.465 e. The molecule has 0 saturated carbocycles. The van der Waals surface area contributed by atoms with Crippen LogP contribution in [-0.2, 0) is 10.1 Å². The van der Waals surface area contributed by atoms with Gasteiger partial charge in [0, 0.05) is 10.9 Å². The average molecular weight is 359 g/mol. The Balaban J connectivity index is 3.33. The number of rotatable bonds is 3. The number of aromatic nitrogens is 1. The number of carbonyl (C=O) groups excluding carboxylic acids is 1. The fraction of sp³-hybridized carbons (Fsp3) is 0.333. The molecule has 0 saturated heterocycles. The van der Waals surface area contributed by atoms with E-state index in [0.29, 0.717) is 0 Å². The molecule has 0 aliphatic carbocycles. The first-order chi connectivity index (χ1) is 7.51. The van der Waals surface area contributed by atoms with Crippen LogP contribution in [0.15, 0.2) is 10.7 Å². The number of carbonyl (C=O) groups is 1. The fourth-order valence-electron chi connectivity index (χ4n) is 1.09. The minimum atomic E-state index is -2.68. The second kappa shape index (κ2) is 5.67. The van der Waals surface area contributed by atoms with Crippen molar-refractivity contribution in [2.24, 2.45) is 0 Å². The van der Waals surface area contributed by atoms with Gasteiger partial charge in [-0.15, -0.1) is 0 Å². The highest BCUT2D eigenvalue weighted by Gasteiger charge is 2.20. The van der Waals surface area contributed by atoms with Gasteiger partial charge in [-0.05, 0) is 22.0 Å². The number of hydrogen-bond acceptors (Lipinski definition) is 3. The van der Waals surface area contributed by atoms with Crippen molar-refractivity contribution in [1.29, 1.82) is 0 Å². The molecule has 1 rings (SSSR count). The first-order valence-electron chi connectivity index (χ1n) is 4.13. The van der Waals surface area contributed by atoms with E-state index in [9.17, 15) is 13.6 Å². The number of pyridine rings is 1. The van der Waals surface area contributed by atoms with Crippen LogP contribution in [0.2, 0.25) is 0 Å². The molecule has 0 amide bonds. The molecule has 1 heterocycles. The van der Waals surface area contributed by atoms with Crippen LogP contribution < -0.4 is 0 Å². The van der Waals surface area contributed by atoms with Gasteiger partial charge >= 0.3 is 5.97 Å². The van der Waals surface area contributed by atoms with Crippen LogP contribution in [0.4, 0.5) is 8.78 Å². The smallest absolute Gasteiger partial charge is 0.340 e. The molecule has 0 aliphatic rings. The Labute approximate surface area is 107 Å². The van der Waals surface area contributed by atoms with Crippen LogP contribution in [0, 0.1) is 0 Å². The van der Waals surface area contributed by atoms with E-state index in [2.05, 4.69) is 41.6 Å². The van der Waals surface area contributed by atoms with E-state index in [1.807, 2.05) is 0 Å². The van der Waals surface area contributed by atoms with Gasteiger partial charge in [-0.25, -0.2) is 18.6 Å². The van der Waals surface area contributed by atoms with E-state index in [1.165, 1.54) is 7.11 Å². The quantitative estimate of drug-likeness (QED) is 0.472. The lowest BCUT2D eigenvalue weighted by atomic mass is 10.1. The van der Waals surface area contributed by atoms with Gasteiger partial charge in [0.15, 0.2) is 0 Å². The van der Waals surface area contributed by atoms with Gasteiger partial charge in [0.2, 0.25) is 0 Å². The number of hydrogen-bond donors (Lipinski definition) is 0. The molecule has 0 radical (unpaired) electrons. The number of nitrogens with zero attached hydrogens (tertiary/aromatic N) is 1. The molecule has 0 fully saturated rings. The highest BCUT2D eigenvalue weighted by molar-refractivity contribution is 9.10. The molecule has 0 spiro atoms. The molecule has 0 aliphatic heterocycles. The normalized spacial score (nSPS) is 10.6. The molecule has 0 unspecified atom stereocenters. The van der Waals surface area contributed by atoms with Crippen molar-refractivity contribution in [3.8, 4) is 0 Å². The zero-order valence-electron chi connectivity index (χ0n) is 8.14. The third kappa shape index (κ3) is 2.76. The van der Waals surface area contributed by atoms with Gasteiger partial charge in [0.25, 0.3) is 6.43 Å². The molecule has 0 bridgehead atoms. The van der Waals surface area contributed by atoms with Crippen molar-refractivity contribution >= 4 is 37.8 Å². The third-order valence-corrected chi connectivity index (χ3v) is 2.99. The molecule has 0 N–H and O–H groups in total. The molecule has 7 heteroatoms. The van der Waals surface area contributed by atoms with Crippen molar-refractivity contribution in [3.05, 3.63) is 27.5 Å². The van der Waals surface area contributed by atoms with Crippen molar-refractivity contribution in [2.75, 3.05) is 7.11 Å². The summed E-state index contributed by atoms with van der Waals surface area (Å²) in [5.74, 6) is -0.706. The molecule has 1 aromatic heterocycles. The highest BCUT2D eigenvalue weighted by Crippen LogP contribution is 2.28. The molecular formula is C9H7Br2F2NO2. The first-order valence-corrected chi connectivity index (χ1v) is 6.04. The van der Waals surface area contributed by atoms with E-state index in [0.717, 1.165) is 6.07 Å². The predicted molar refractivity (Wildman–Crippen MR) is 60.9 cm³/mol. The van der Waals surface area contributed by atoms with Crippen molar-refractivity contribution in [2.45, 2.75) is 11.8 Å². The second-order valence-corrected chi connectivity index (χ2v) is 4.10. The Morgan fingerprint density at radius 2 is 2.25 bits per heavy atom. The van der Waals surface area contributed by atoms with Gasteiger partial charge in [-0.3, -0.25) is 0 Å². The lowest BCUT2D eigenvalue weighted by Crippen LogP contribution is -2.07. The van der Waals surface area contributed by atoms with Crippen molar-refractivity contribution in [1.82, 2.24) is 4.98 Å². The van der Waals surface area contributed by atoms with Crippen LogP contribution in [0.5, 0.6) is 0 Å². The Morgan fingerprint density at radius 3 is 2.69 bits per heavy atom. The monoisotopic (exact) mass is 357 g/mol. The summed E-state index contributed by atoms with van der Waals surface area (Å²) in [6, 6.07) is 1.09. The van der Waals surface area contributed by atoms with Gasteiger partial charge in [-0.2, -0.15) is 0 Å². The zero-order valence-corrected chi connectivity index (χ0v) is 11.3. The Kier molecular flexibility index (Phi) is 4.79. The van der Waals surface area contributed by atoms with Crippen LogP contribution in [0.3, 0.4) is 0 Å². The summed E-state index contributed by atoms with van der Waals surface area (Å²) >= 11 is 6.09. The summed E-state index contributed by atoms with van der Waals surface area (Å²) in [7, 11) is 1.18. The van der Waals surface area contributed by atoms with Crippen LogP contribution in [-0.4, -0.2) is 18.1 Å². The van der Waals surface area contributed by atoms with E-state index in [1.54, 1.807) is 0 Å². The Hall–Kier alpha value is -0.560. The number of esters is 1. The van der Waals surface area contributed by atoms with Gasteiger partial charge < -0.3 is 4.74 Å². The molecule has 0 atom stereocenters. The number of halogens is 4. The summed E-state index contributed by atoms with van der Waals surface area (Å²) in [6.45, 7) is 0. The predicted octanol–water partition coefficient (Wildman–Crippen LogP) is 3.46. The standard InChI is InChI=1S/C9H7Br2F2NO2/c1-16-9(15)5-2-4(8(12)13)6(3-10)14-7(5)11/h2,8H,3H2,1H3. The van der Waals surface area contributed by atoms with E-state index in [-0.39, 0.29) is 26.8 Å². The molecular weight excluding hydrogens is 352 g/mol. The zero-order chi connectivity index (χ0) is 12.3. The number of ether oxygens (including phenoxy) is 1. The molecule has 16 heavy (non-hydrogen) atoms. The topological polar surface area (TPSA) is 39.2 Å². The SMILES string of the molecule is COC(=O)c1cc(C(F)F)c(CBr)nc1Br. The van der Waals surface area contributed by atoms with Gasteiger partial charge in [0.1, 0.15) is 4.60 Å². The summed E-state index contributed by atoms with van der Waals surface area (Å²) in [5, 5.41) is 0.187. The third-order valence-electron chi connectivity index (χ3n) is 1.86. The van der Waals surface area contributed by atoms with E-state index < -0.39 is 12.4 Å². The van der Waals surface area contributed by atoms with Crippen LogP contribution >= 0.6 is 31.9 Å². The second-order valence-electron chi connectivity index (χ2n) is 2.79. The molecule has 3 nitrogen and oxygen atoms in total. The Morgan fingerprint density at radius 1 is 1.62 bits per heavy atom. The summed E-state index contributed by atoms with van der Waals surface area (Å²) in [6.07, 6.45) is -2.68. The van der Waals surface area contributed by atoms with Gasteiger partial charge in [0.05, 0.1) is 18.4 Å². The maximum atomic E-state index is 12.7. The number of methoxy groups -OCH3 is 1. The lowest BCUT2D eigenvalue weighted by Gasteiger charge is -2.09. The summed E-state index contributed by atoms with van der Waals surface area (Å²) in [4.78, 5) is 15.1. The minimum Gasteiger partial charge on any atom is -0.465 e. The highest BCUT2D eigenvalue weighted by atomic mass is 79.9. The van der Waals surface area contributed by atoms with Crippen molar-refractivity contribution in [3.63, 3.8) is 0 Å². The van der Waals surface area contributed by atoms with Crippen molar-refractivity contribution < 1.29 is 18.3 Å². The first kappa shape index (κ1) is 13.5. The average Bonchev–Trinajstić information content (AvgIpc) is 2.27. The molecule has 88 valence electrons. The Bertz CT molecular complexity index is 413. The lowest BCUT2D eigenvalue weighted by molar-refractivity contribution is 0.0598. The minimum absolute atomic E-state index is 0.0116. The maximum Gasteiger partial charge on any atom is 0.340 e. The fourth-order valence-corrected chi connectivity index (χ4v) is 2.03. The maximum absolute atomic E-state index is 12.7. The number of alkyl halides is 3. The van der Waals surface area contributed by atoms with Gasteiger partial charge in [-0.1, -0.05) is 15.9 Å². The molecule has 1 aromatic rings. The van der Waals surface area contributed by atoms with E-state index in [4.69, 9.17) is 0 Å². The van der Waals surface area contributed by atoms with Crippen LogP contribution in [0.1, 0.15) is 28.0 Å². The van der Waals surface area contributed by atoms with E-state index >= 15 is 0 Å².